The molecule has 0 bridgehead atoms. The van der Waals surface area contributed by atoms with E-state index in [9.17, 15) is 24.3 Å². The molecule has 3 unspecified atom stereocenters. The van der Waals surface area contributed by atoms with Gasteiger partial charge in [-0.1, -0.05) is 40.7 Å². The van der Waals surface area contributed by atoms with Crippen LogP contribution in [0.2, 0.25) is 0 Å². The summed E-state index contributed by atoms with van der Waals surface area (Å²) in [6.45, 7) is 12.5. The lowest BCUT2D eigenvalue weighted by Crippen LogP contribution is -2.42. The summed E-state index contributed by atoms with van der Waals surface area (Å²) in [5.41, 5.74) is 6.35. The van der Waals surface area contributed by atoms with Crippen LogP contribution in [0.1, 0.15) is 59.9 Å². The van der Waals surface area contributed by atoms with Gasteiger partial charge in [0.15, 0.2) is 11.5 Å². The first-order valence-corrected chi connectivity index (χ1v) is 12.4. The average molecular weight is 542 g/mol. The van der Waals surface area contributed by atoms with Gasteiger partial charge in [0, 0.05) is 11.8 Å². The van der Waals surface area contributed by atoms with E-state index in [1.807, 2.05) is 27.7 Å². The van der Waals surface area contributed by atoms with E-state index in [0.29, 0.717) is 5.56 Å². The molecule has 0 aliphatic carbocycles. The molecule has 0 aromatic heterocycles. The first kappa shape index (κ1) is 32.5. The third kappa shape index (κ3) is 10.8. The molecular formula is C26H39NO11. The molecule has 0 saturated heterocycles. The molecule has 38 heavy (non-hydrogen) atoms. The van der Waals surface area contributed by atoms with Crippen molar-refractivity contribution in [3.63, 3.8) is 0 Å². The predicted molar refractivity (Wildman–Crippen MR) is 135 cm³/mol. The van der Waals surface area contributed by atoms with E-state index in [2.05, 4.69) is 0 Å². The molecule has 0 heterocycles. The van der Waals surface area contributed by atoms with Crippen molar-refractivity contribution >= 4 is 24.4 Å². The summed E-state index contributed by atoms with van der Waals surface area (Å²) >= 11 is 0. The summed E-state index contributed by atoms with van der Waals surface area (Å²) < 4.78 is 30.7. The van der Waals surface area contributed by atoms with E-state index >= 15 is 0 Å². The number of carboxylic acid groups (broad SMARTS) is 1. The molecule has 1 aromatic rings. The van der Waals surface area contributed by atoms with Gasteiger partial charge in [0.2, 0.25) is 0 Å². The maximum absolute atomic E-state index is 12.3. The minimum Gasteiger partial charge on any atom is -0.480 e. The molecule has 0 amide bonds. The van der Waals surface area contributed by atoms with Crippen LogP contribution in [0, 0.1) is 17.8 Å². The number of carbonyl (C=O) groups is 4. The Morgan fingerprint density at radius 2 is 1.34 bits per heavy atom. The maximum atomic E-state index is 12.3. The van der Waals surface area contributed by atoms with Gasteiger partial charge in [0.1, 0.15) is 12.1 Å². The van der Waals surface area contributed by atoms with Crippen LogP contribution in [0.5, 0.6) is 11.5 Å². The summed E-state index contributed by atoms with van der Waals surface area (Å²) in [6, 6.07) is 2.69. The number of carbonyl (C=O) groups excluding carboxylic acids is 3. The first-order valence-electron chi connectivity index (χ1n) is 12.4. The minimum atomic E-state index is -1.43. The molecule has 0 aliphatic heterocycles. The van der Waals surface area contributed by atoms with Crippen molar-refractivity contribution in [1.82, 2.24) is 0 Å². The summed E-state index contributed by atoms with van der Waals surface area (Å²) in [4.78, 5) is 48.2. The molecule has 12 heteroatoms. The molecule has 1 aromatic carbocycles. The number of nitrogens with two attached hydrogens (primary N) is 1. The summed E-state index contributed by atoms with van der Waals surface area (Å²) in [5.74, 6) is -3.13. The van der Waals surface area contributed by atoms with Crippen LogP contribution in [0.15, 0.2) is 18.2 Å². The Morgan fingerprint density at radius 1 is 0.816 bits per heavy atom. The van der Waals surface area contributed by atoms with Gasteiger partial charge in [-0.2, -0.15) is 0 Å². The van der Waals surface area contributed by atoms with Crippen molar-refractivity contribution in [2.24, 2.45) is 23.5 Å². The molecule has 0 aliphatic rings. The second-order valence-corrected chi connectivity index (χ2v) is 9.57. The first-order chi connectivity index (χ1) is 17.8. The minimum absolute atomic E-state index is 0.0373. The number of hydrogen-bond acceptors (Lipinski definition) is 11. The zero-order valence-corrected chi connectivity index (χ0v) is 22.9. The van der Waals surface area contributed by atoms with E-state index in [4.69, 9.17) is 34.2 Å². The van der Waals surface area contributed by atoms with Gasteiger partial charge in [-0.15, -0.1) is 0 Å². The Balaban J connectivity index is 3.40. The van der Waals surface area contributed by atoms with Crippen LogP contribution in [0.25, 0.3) is 0 Å². The van der Waals surface area contributed by atoms with Gasteiger partial charge in [-0.05, 0) is 43.4 Å². The fourth-order valence-electron chi connectivity index (χ4n) is 3.30. The van der Waals surface area contributed by atoms with Gasteiger partial charge in [0.25, 0.3) is 0 Å². The highest BCUT2D eigenvalue weighted by molar-refractivity contribution is 5.75. The number of ether oxygens (including phenoxy) is 6. The molecule has 12 nitrogen and oxygen atoms in total. The Labute approximate surface area is 222 Å². The second kappa shape index (κ2) is 15.7. The van der Waals surface area contributed by atoms with Crippen LogP contribution in [-0.4, -0.2) is 61.5 Å². The molecule has 0 radical (unpaired) electrons. The largest absolute Gasteiger partial charge is 0.513 e. The van der Waals surface area contributed by atoms with E-state index in [0.717, 1.165) is 0 Å². The van der Waals surface area contributed by atoms with E-state index < -0.39 is 48.4 Å². The van der Waals surface area contributed by atoms with Crippen LogP contribution >= 0.6 is 0 Å². The fourth-order valence-corrected chi connectivity index (χ4v) is 3.30. The molecule has 4 atom stereocenters. The van der Waals surface area contributed by atoms with Gasteiger partial charge >= 0.3 is 24.4 Å². The Bertz CT molecular complexity index is 947. The van der Waals surface area contributed by atoms with E-state index in [-0.39, 0.29) is 43.2 Å². The van der Waals surface area contributed by atoms with Crippen molar-refractivity contribution in [3.05, 3.63) is 23.8 Å². The van der Waals surface area contributed by atoms with Crippen molar-refractivity contribution in [2.75, 3.05) is 19.8 Å². The third-order valence-corrected chi connectivity index (χ3v) is 5.33. The summed E-state index contributed by atoms with van der Waals surface area (Å²) in [6.07, 6.45) is -3.78. The van der Waals surface area contributed by atoms with E-state index in [1.165, 1.54) is 18.2 Å². The second-order valence-electron chi connectivity index (χ2n) is 9.57. The van der Waals surface area contributed by atoms with Crippen LogP contribution < -0.4 is 15.2 Å². The number of hydrogen-bond donors (Lipinski definition) is 2. The van der Waals surface area contributed by atoms with Gasteiger partial charge in [-0.25, -0.2) is 14.4 Å². The topological polar surface area (TPSA) is 170 Å². The van der Waals surface area contributed by atoms with Crippen LogP contribution in [-0.2, 0) is 23.7 Å². The van der Waals surface area contributed by atoms with Crippen molar-refractivity contribution in [2.45, 2.75) is 66.5 Å². The van der Waals surface area contributed by atoms with E-state index in [1.54, 1.807) is 20.8 Å². The number of rotatable bonds is 13. The number of aliphatic carboxylic acids is 1. The Hall–Kier alpha value is -3.54. The third-order valence-electron chi connectivity index (χ3n) is 5.33. The van der Waals surface area contributed by atoms with Crippen molar-refractivity contribution in [1.29, 1.82) is 0 Å². The SMILES string of the molecule is CCOC(=O)OC(C)C(C)C(c1ccc(OC(=O)OCC(C)C)c(OC(=O)OCC(C)C)c1)[C@H](N)C(=O)O. The lowest BCUT2D eigenvalue weighted by molar-refractivity contribution is -0.139. The highest BCUT2D eigenvalue weighted by atomic mass is 16.7. The van der Waals surface area contributed by atoms with Gasteiger partial charge in [0.05, 0.1) is 19.8 Å². The standard InChI is InChI=1S/C26H39NO11/c1-8-33-24(30)36-17(7)16(6)21(22(27)23(28)29)18-9-10-19(37-25(31)34-12-14(2)3)20(11-18)38-26(32)35-13-15(4)5/h9-11,14-17,21-22H,8,12-13,27H2,1-7H3,(H,28,29)/t16?,17?,21?,22-/m0/s1. The quantitative estimate of drug-likeness (QED) is 0.200. The monoisotopic (exact) mass is 541 g/mol. The number of benzene rings is 1. The lowest BCUT2D eigenvalue weighted by Gasteiger charge is -2.31. The predicted octanol–water partition coefficient (Wildman–Crippen LogP) is 4.72. The van der Waals surface area contributed by atoms with Crippen molar-refractivity contribution < 1.29 is 52.7 Å². The number of carboxylic acids is 1. The van der Waals surface area contributed by atoms with Crippen LogP contribution in [0.3, 0.4) is 0 Å². The molecular weight excluding hydrogens is 502 g/mol. The molecule has 0 fully saturated rings. The van der Waals surface area contributed by atoms with Gasteiger partial charge in [-0.3, -0.25) is 4.79 Å². The van der Waals surface area contributed by atoms with Gasteiger partial charge < -0.3 is 39.3 Å². The zero-order valence-electron chi connectivity index (χ0n) is 22.9. The molecule has 0 saturated carbocycles. The average Bonchev–Trinajstić information content (AvgIpc) is 2.82. The molecule has 214 valence electrons. The maximum Gasteiger partial charge on any atom is 0.513 e. The van der Waals surface area contributed by atoms with Crippen molar-refractivity contribution in [3.8, 4) is 11.5 Å². The summed E-state index contributed by atoms with van der Waals surface area (Å²) in [5, 5.41) is 9.68. The highest BCUT2D eigenvalue weighted by Crippen LogP contribution is 2.37. The molecule has 3 N–H and O–H groups in total. The fraction of sp³-hybridized carbons (Fsp3) is 0.615. The molecule has 1 rings (SSSR count). The Kier molecular flexibility index (Phi) is 13.4. The van der Waals surface area contributed by atoms with Crippen LogP contribution in [0.4, 0.5) is 14.4 Å². The highest BCUT2D eigenvalue weighted by Gasteiger charge is 2.36. The molecule has 0 spiro atoms. The zero-order chi connectivity index (χ0) is 29.0. The normalized spacial score (nSPS) is 14.2. The Morgan fingerprint density at radius 3 is 1.82 bits per heavy atom. The smallest absolute Gasteiger partial charge is 0.480 e. The lowest BCUT2D eigenvalue weighted by atomic mass is 9.79. The summed E-state index contributed by atoms with van der Waals surface area (Å²) in [7, 11) is 0.